The summed E-state index contributed by atoms with van der Waals surface area (Å²) in [6.45, 7) is 2.43. The van der Waals surface area contributed by atoms with Crippen molar-refractivity contribution in [2.24, 2.45) is 5.92 Å². The number of amides is 4. The first-order valence-corrected chi connectivity index (χ1v) is 20.0. The summed E-state index contributed by atoms with van der Waals surface area (Å²) in [5, 5.41) is 7.80. The molecule has 3 N–H and O–H groups in total. The van der Waals surface area contributed by atoms with Gasteiger partial charge in [-0.1, -0.05) is 18.2 Å². The maximum atomic E-state index is 16.4. The number of piperidine rings is 1. The Hall–Kier alpha value is -6.22. The molecule has 0 radical (unpaired) electrons. The molecule has 6 atom stereocenters. The predicted octanol–water partition coefficient (Wildman–Crippen LogP) is 5.30. The Labute approximate surface area is 333 Å². The van der Waals surface area contributed by atoms with Gasteiger partial charge in [0.05, 0.1) is 22.6 Å². The van der Waals surface area contributed by atoms with Crippen LogP contribution in [0.2, 0.25) is 0 Å². The summed E-state index contributed by atoms with van der Waals surface area (Å²) < 4.78 is 24.1. The Balaban J connectivity index is 0.802. The number of imide groups is 2. The molecule has 4 fully saturated rings. The number of aromatic nitrogens is 4. The van der Waals surface area contributed by atoms with Crippen LogP contribution in [-0.4, -0.2) is 97.1 Å². The van der Waals surface area contributed by atoms with E-state index in [1.807, 2.05) is 60.7 Å². The lowest BCUT2D eigenvalue weighted by molar-refractivity contribution is -0.136. The lowest BCUT2D eigenvalue weighted by atomic mass is 9.84. The number of alkyl halides is 1. The number of nitrogens with one attached hydrogen (secondary N) is 1. The zero-order chi connectivity index (χ0) is 39.7. The van der Waals surface area contributed by atoms with E-state index in [0.29, 0.717) is 41.1 Å². The number of piperazine rings is 1. The van der Waals surface area contributed by atoms with Gasteiger partial charge < -0.3 is 15.4 Å². The van der Waals surface area contributed by atoms with Crippen LogP contribution in [0.1, 0.15) is 71.7 Å². The Kier molecular flexibility index (Phi) is 8.92. The second-order valence-electron chi connectivity index (χ2n) is 16.1. The fraction of sp³-hybridized carbons (Fsp3) is 0.372. The Morgan fingerprint density at radius 2 is 1.57 bits per heavy atom. The highest BCUT2D eigenvalue weighted by atomic mass is 19.1. The average Bonchev–Trinajstić information content (AvgIpc) is 3.82. The first kappa shape index (κ1) is 36.1. The van der Waals surface area contributed by atoms with Crippen molar-refractivity contribution in [2.75, 3.05) is 30.3 Å². The van der Waals surface area contributed by atoms with Crippen LogP contribution in [0.15, 0.2) is 79.1 Å². The highest BCUT2D eigenvalue weighted by Crippen LogP contribution is 2.42. The summed E-state index contributed by atoms with van der Waals surface area (Å²) in [5.41, 5.74) is 9.77. The number of nitrogens with zero attached hydrogens (tertiary/aromatic N) is 7. The number of carbonyl (C=O) groups excluding carboxylic acids is 4. The normalized spacial score (nSPS) is 26.0. The van der Waals surface area contributed by atoms with E-state index in [2.05, 4.69) is 25.1 Å². The van der Waals surface area contributed by atoms with E-state index in [-0.39, 0.29) is 42.0 Å². The van der Waals surface area contributed by atoms with E-state index in [0.717, 1.165) is 60.8 Å². The van der Waals surface area contributed by atoms with Gasteiger partial charge in [0.25, 0.3) is 11.8 Å². The molecule has 0 spiro atoms. The molecule has 6 unspecified atom stereocenters. The third-order valence-corrected chi connectivity index (χ3v) is 12.6. The topological polar surface area (TPSA) is 169 Å². The second-order valence-corrected chi connectivity index (χ2v) is 16.1. The van der Waals surface area contributed by atoms with Crippen LogP contribution in [-0.2, 0) is 9.59 Å². The molecule has 4 amide bonds. The number of halogens is 1. The number of anilines is 2. The van der Waals surface area contributed by atoms with Crippen molar-refractivity contribution in [1.29, 1.82) is 0 Å². The van der Waals surface area contributed by atoms with Crippen LogP contribution in [0.25, 0.3) is 22.3 Å². The summed E-state index contributed by atoms with van der Waals surface area (Å²) in [5.74, 6) is -0.149. The molecule has 296 valence electrons. The molecule has 1 saturated carbocycles. The molecule has 3 saturated heterocycles. The van der Waals surface area contributed by atoms with Gasteiger partial charge in [-0.05, 0) is 99.0 Å². The molecule has 10 rings (SSSR count). The molecule has 1 aliphatic carbocycles. The van der Waals surface area contributed by atoms with Crippen molar-refractivity contribution in [3.8, 4) is 22.8 Å². The van der Waals surface area contributed by atoms with Crippen LogP contribution in [0.5, 0.6) is 11.5 Å². The average molecular weight is 784 g/mol. The molecule has 6 heterocycles. The highest BCUT2D eigenvalue weighted by molar-refractivity contribution is 6.23. The minimum atomic E-state index is -1.13. The molecule has 58 heavy (non-hydrogen) atoms. The number of carbonyl (C=O) groups is 4. The second kappa shape index (κ2) is 14.3. The van der Waals surface area contributed by atoms with Crippen LogP contribution in [0.4, 0.5) is 15.9 Å². The number of nitrogens with two attached hydrogens (primary N) is 1. The maximum absolute atomic E-state index is 16.4. The summed E-state index contributed by atoms with van der Waals surface area (Å²) in [7, 11) is 0. The summed E-state index contributed by atoms with van der Waals surface area (Å²) in [6, 6.07) is 21.4. The zero-order valence-corrected chi connectivity index (χ0v) is 31.7. The van der Waals surface area contributed by atoms with E-state index in [1.165, 1.54) is 6.33 Å². The van der Waals surface area contributed by atoms with Gasteiger partial charge in [0.15, 0.2) is 5.65 Å². The van der Waals surface area contributed by atoms with Gasteiger partial charge in [0.2, 0.25) is 11.8 Å². The molecule has 4 aliphatic heterocycles. The molecule has 2 aromatic heterocycles. The Morgan fingerprint density at radius 1 is 0.828 bits per heavy atom. The van der Waals surface area contributed by atoms with Crippen molar-refractivity contribution in [3.63, 3.8) is 0 Å². The summed E-state index contributed by atoms with van der Waals surface area (Å²) >= 11 is 0. The van der Waals surface area contributed by atoms with Crippen molar-refractivity contribution in [3.05, 3.63) is 90.3 Å². The minimum absolute atomic E-state index is 0.0754. The molecular formula is C43H42FN9O5. The van der Waals surface area contributed by atoms with E-state index < -0.39 is 41.9 Å². The lowest BCUT2D eigenvalue weighted by Gasteiger charge is -2.44. The van der Waals surface area contributed by atoms with Crippen LogP contribution < -0.4 is 20.7 Å². The molecule has 15 heteroatoms. The number of hydrogen-bond donors (Lipinski definition) is 2. The van der Waals surface area contributed by atoms with Gasteiger partial charge in [0.1, 0.15) is 41.6 Å². The fourth-order valence-electron chi connectivity index (χ4n) is 9.90. The third kappa shape index (κ3) is 6.24. The number of likely N-dealkylation sites (tertiary alicyclic amines) is 1. The smallest absolute Gasteiger partial charge is 0.262 e. The quantitative estimate of drug-likeness (QED) is 0.196. The highest BCUT2D eigenvalue weighted by Gasteiger charge is 2.46. The number of nitrogen functional groups attached to an aromatic ring is 1. The number of fused-ring (bicyclic) bond motifs is 4. The van der Waals surface area contributed by atoms with Crippen molar-refractivity contribution < 1.29 is 28.3 Å². The minimum Gasteiger partial charge on any atom is -0.457 e. The van der Waals surface area contributed by atoms with Crippen molar-refractivity contribution in [1.82, 2.24) is 34.9 Å². The fourth-order valence-corrected chi connectivity index (χ4v) is 9.90. The molecule has 3 aromatic carbocycles. The van der Waals surface area contributed by atoms with E-state index in [9.17, 15) is 19.2 Å². The number of hydrogen-bond acceptors (Lipinski definition) is 11. The third-order valence-electron chi connectivity index (χ3n) is 12.6. The largest absolute Gasteiger partial charge is 0.457 e. The van der Waals surface area contributed by atoms with Crippen LogP contribution in [0, 0.1) is 5.92 Å². The van der Waals surface area contributed by atoms with Gasteiger partial charge in [0, 0.05) is 49.4 Å². The summed E-state index contributed by atoms with van der Waals surface area (Å²) in [4.78, 5) is 65.7. The molecular weight excluding hydrogens is 742 g/mol. The van der Waals surface area contributed by atoms with Crippen molar-refractivity contribution in [2.45, 2.75) is 75.3 Å². The molecule has 5 aliphatic rings. The Morgan fingerprint density at radius 3 is 2.31 bits per heavy atom. The summed E-state index contributed by atoms with van der Waals surface area (Å²) in [6.07, 6.45) is 4.32. The number of benzene rings is 3. The zero-order valence-electron chi connectivity index (χ0n) is 31.7. The monoisotopic (exact) mass is 783 g/mol. The van der Waals surface area contributed by atoms with E-state index in [1.54, 1.807) is 16.8 Å². The van der Waals surface area contributed by atoms with Gasteiger partial charge in [-0.2, -0.15) is 5.10 Å². The van der Waals surface area contributed by atoms with Gasteiger partial charge >= 0.3 is 0 Å². The van der Waals surface area contributed by atoms with Gasteiger partial charge in [-0.25, -0.2) is 19.0 Å². The maximum Gasteiger partial charge on any atom is 0.262 e. The molecule has 2 bridgehead atoms. The van der Waals surface area contributed by atoms with Crippen LogP contribution >= 0.6 is 0 Å². The standard InChI is InChI=1S/C43H42FN9O5/c44-33-18-24(6-15-34(33)53-40-37(39(45)46-23-47-40)38(49-53)25-7-12-30(13-8-25)58-29-4-2-1-3-5-29)20-50-21-27-9-10-28(22-50)51(27)26-11-14-31-32(19-26)43(57)52(42(31)56)35-16-17-36(54)48-41(35)55/h1-5,7-8,11-14,19,23-24,27-28,33-35H,6,9-10,15-18,20-22H2,(H2,45,46,47)(H,48,54,55). The number of para-hydroxylation sites is 1. The van der Waals surface area contributed by atoms with Crippen LogP contribution in [0.3, 0.4) is 0 Å². The first-order chi connectivity index (χ1) is 28.2. The van der Waals surface area contributed by atoms with E-state index in [4.69, 9.17) is 15.6 Å². The van der Waals surface area contributed by atoms with Gasteiger partial charge in [-0.3, -0.25) is 34.3 Å². The van der Waals surface area contributed by atoms with E-state index >= 15 is 4.39 Å². The predicted molar refractivity (Wildman–Crippen MR) is 212 cm³/mol. The van der Waals surface area contributed by atoms with Crippen molar-refractivity contribution >= 4 is 46.2 Å². The molecule has 5 aromatic rings. The van der Waals surface area contributed by atoms with Gasteiger partial charge in [-0.15, -0.1) is 0 Å². The Bertz CT molecular complexity index is 2450. The lowest BCUT2D eigenvalue weighted by Crippen LogP contribution is -2.55. The first-order valence-electron chi connectivity index (χ1n) is 20.0. The number of rotatable bonds is 8. The SMILES string of the molecule is Nc1ncnc2c1c(-c1ccc(Oc3ccccc3)cc1)nn2C1CCC(CN2CC3CCC(C2)N3c2ccc3c(c2)C(=O)N(C2CCC(=O)NC2=O)C3=O)CC1F. The molecule has 14 nitrogen and oxygen atoms in total. The number of ether oxygens (including phenoxy) is 1.